The van der Waals surface area contributed by atoms with Crippen molar-refractivity contribution < 1.29 is 4.79 Å². The molecule has 1 aromatic heterocycles. The van der Waals surface area contributed by atoms with E-state index in [1.54, 1.807) is 24.3 Å². The van der Waals surface area contributed by atoms with Gasteiger partial charge in [-0.15, -0.1) is 0 Å². The molecule has 3 N–H and O–H groups in total. The minimum Gasteiger partial charge on any atom is -0.334 e. The number of rotatable bonds is 3. The van der Waals surface area contributed by atoms with Crippen LogP contribution in [0.3, 0.4) is 0 Å². The number of amides is 2. The number of nitrogens with one attached hydrogen (secondary N) is 3. The van der Waals surface area contributed by atoms with Crippen LogP contribution in [0.1, 0.15) is 16.7 Å². The molecule has 0 radical (unpaired) electrons. The standard InChI is InChI=1S/C19H18ClN3O2/c1-11-7-12(2)16-9-13(18(24)23-17(16)8-11)10-21-19(25)22-15-5-3-14(20)4-6-15/h3-9H,10H2,1-2H3,(H,23,24)(H2,21,22,25). The quantitative estimate of drug-likeness (QED) is 0.661. The van der Waals surface area contributed by atoms with Crippen molar-refractivity contribution in [1.82, 2.24) is 10.3 Å². The molecule has 0 aliphatic carbocycles. The largest absolute Gasteiger partial charge is 0.334 e. The van der Waals surface area contributed by atoms with Gasteiger partial charge in [-0.1, -0.05) is 17.7 Å². The molecule has 3 rings (SSSR count). The number of carbonyl (C=O) groups is 1. The van der Waals surface area contributed by atoms with Crippen molar-refractivity contribution in [3.05, 3.63) is 74.5 Å². The second-order valence-corrected chi connectivity index (χ2v) is 6.42. The van der Waals surface area contributed by atoms with E-state index in [0.29, 0.717) is 16.3 Å². The van der Waals surface area contributed by atoms with Gasteiger partial charge in [0.2, 0.25) is 0 Å². The van der Waals surface area contributed by atoms with Crippen molar-refractivity contribution in [2.45, 2.75) is 20.4 Å². The minimum atomic E-state index is -0.387. The monoisotopic (exact) mass is 355 g/mol. The Kier molecular flexibility index (Phi) is 4.76. The first-order valence-electron chi connectivity index (χ1n) is 7.86. The number of benzene rings is 2. The summed E-state index contributed by atoms with van der Waals surface area (Å²) >= 11 is 5.81. The zero-order chi connectivity index (χ0) is 18.0. The molecule has 0 unspecified atom stereocenters. The highest BCUT2D eigenvalue weighted by molar-refractivity contribution is 6.30. The molecule has 25 heavy (non-hydrogen) atoms. The second kappa shape index (κ2) is 6.99. The van der Waals surface area contributed by atoms with Crippen LogP contribution in [0.15, 0.2) is 47.3 Å². The van der Waals surface area contributed by atoms with E-state index in [4.69, 9.17) is 11.6 Å². The van der Waals surface area contributed by atoms with Crippen molar-refractivity contribution in [1.29, 1.82) is 0 Å². The predicted octanol–water partition coefficient (Wildman–Crippen LogP) is 4.12. The number of H-pyrrole nitrogens is 1. The number of carbonyl (C=O) groups excluding carboxylic acids is 1. The van der Waals surface area contributed by atoms with Gasteiger partial charge in [0.25, 0.3) is 5.56 Å². The maximum absolute atomic E-state index is 12.2. The van der Waals surface area contributed by atoms with Gasteiger partial charge in [-0.2, -0.15) is 0 Å². The molecule has 0 bridgehead atoms. The van der Waals surface area contributed by atoms with Gasteiger partial charge >= 0.3 is 6.03 Å². The summed E-state index contributed by atoms with van der Waals surface area (Å²) in [6.45, 7) is 4.12. The summed E-state index contributed by atoms with van der Waals surface area (Å²) < 4.78 is 0. The van der Waals surface area contributed by atoms with E-state index in [9.17, 15) is 9.59 Å². The minimum absolute atomic E-state index is 0.137. The summed E-state index contributed by atoms with van der Waals surface area (Å²) in [5, 5.41) is 6.96. The maximum atomic E-state index is 12.2. The van der Waals surface area contributed by atoms with Crippen LogP contribution in [-0.4, -0.2) is 11.0 Å². The molecule has 5 nitrogen and oxygen atoms in total. The average molecular weight is 356 g/mol. The number of aromatic nitrogens is 1. The lowest BCUT2D eigenvalue weighted by Crippen LogP contribution is -2.30. The Labute approximate surface area is 150 Å². The van der Waals surface area contributed by atoms with Crippen LogP contribution in [0.25, 0.3) is 10.9 Å². The normalized spacial score (nSPS) is 10.7. The van der Waals surface area contributed by atoms with E-state index in [1.807, 2.05) is 26.0 Å². The number of pyridine rings is 1. The summed E-state index contributed by atoms with van der Waals surface area (Å²) in [5.41, 5.74) is 3.90. The first-order chi connectivity index (χ1) is 11.9. The van der Waals surface area contributed by atoms with Gasteiger partial charge in [0.1, 0.15) is 0 Å². The van der Waals surface area contributed by atoms with Crippen molar-refractivity contribution >= 4 is 34.2 Å². The summed E-state index contributed by atoms with van der Waals surface area (Å²) in [5.74, 6) is 0. The number of fused-ring (bicyclic) bond motifs is 1. The van der Waals surface area contributed by atoms with Crippen LogP contribution in [-0.2, 0) is 6.54 Å². The molecule has 0 aliphatic rings. The number of aromatic amines is 1. The smallest absolute Gasteiger partial charge is 0.319 e. The Bertz CT molecular complexity index is 994. The number of urea groups is 1. The van der Waals surface area contributed by atoms with E-state index in [0.717, 1.165) is 22.0 Å². The fourth-order valence-electron chi connectivity index (χ4n) is 2.73. The van der Waals surface area contributed by atoms with E-state index in [2.05, 4.69) is 21.7 Å². The number of aryl methyl sites for hydroxylation is 2. The second-order valence-electron chi connectivity index (χ2n) is 5.98. The SMILES string of the molecule is Cc1cc(C)c2cc(CNC(=O)Nc3ccc(Cl)cc3)c(=O)[nH]c2c1. The van der Waals surface area contributed by atoms with E-state index in [-0.39, 0.29) is 18.1 Å². The van der Waals surface area contributed by atoms with Gasteiger partial charge < -0.3 is 15.6 Å². The molecule has 0 spiro atoms. The molecular weight excluding hydrogens is 338 g/mol. The highest BCUT2D eigenvalue weighted by Crippen LogP contribution is 2.18. The molecule has 2 amide bonds. The van der Waals surface area contributed by atoms with E-state index < -0.39 is 0 Å². The lowest BCUT2D eigenvalue weighted by molar-refractivity contribution is 0.251. The third-order valence-corrected chi connectivity index (χ3v) is 4.18. The number of hydrogen-bond donors (Lipinski definition) is 3. The van der Waals surface area contributed by atoms with Gasteiger partial charge in [0.05, 0.1) is 0 Å². The van der Waals surface area contributed by atoms with Crippen molar-refractivity contribution in [2.75, 3.05) is 5.32 Å². The molecule has 6 heteroatoms. The third kappa shape index (κ3) is 4.00. The maximum Gasteiger partial charge on any atom is 0.319 e. The topological polar surface area (TPSA) is 74.0 Å². The molecule has 0 saturated carbocycles. The van der Waals surface area contributed by atoms with Gasteiger partial charge in [0, 0.05) is 33.7 Å². The Balaban J connectivity index is 1.74. The first kappa shape index (κ1) is 17.0. The lowest BCUT2D eigenvalue weighted by Gasteiger charge is -2.09. The Morgan fingerprint density at radius 2 is 1.84 bits per heavy atom. The van der Waals surface area contributed by atoms with Crippen LogP contribution in [0.2, 0.25) is 5.02 Å². The first-order valence-corrected chi connectivity index (χ1v) is 8.24. The molecule has 2 aromatic carbocycles. The molecule has 0 aliphatic heterocycles. The highest BCUT2D eigenvalue weighted by Gasteiger charge is 2.08. The summed E-state index contributed by atoms with van der Waals surface area (Å²) in [7, 11) is 0. The summed E-state index contributed by atoms with van der Waals surface area (Å²) in [4.78, 5) is 27.1. The molecule has 0 atom stereocenters. The number of hydrogen-bond acceptors (Lipinski definition) is 2. The van der Waals surface area contributed by atoms with Gasteiger partial charge in [-0.3, -0.25) is 4.79 Å². The van der Waals surface area contributed by atoms with Crippen LogP contribution in [0.5, 0.6) is 0 Å². The number of halogens is 1. The van der Waals surface area contributed by atoms with E-state index in [1.165, 1.54) is 0 Å². The molecule has 128 valence electrons. The third-order valence-electron chi connectivity index (χ3n) is 3.93. The predicted molar refractivity (Wildman–Crippen MR) is 101 cm³/mol. The van der Waals surface area contributed by atoms with Crippen LogP contribution in [0.4, 0.5) is 10.5 Å². The Morgan fingerprint density at radius 1 is 1.12 bits per heavy atom. The summed E-state index contributed by atoms with van der Waals surface area (Å²) in [6.07, 6.45) is 0. The van der Waals surface area contributed by atoms with Crippen molar-refractivity contribution in [3.63, 3.8) is 0 Å². The van der Waals surface area contributed by atoms with Gasteiger partial charge in [-0.05, 0) is 61.4 Å². The fraction of sp³-hybridized carbons (Fsp3) is 0.158. The van der Waals surface area contributed by atoms with Crippen LogP contribution >= 0.6 is 11.6 Å². The van der Waals surface area contributed by atoms with Crippen LogP contribution in [0, 0.1) is 13.8 Å². The summed E-state index contributed by atoms with van der Waals surface area (Å²) in [6, 6.07) is 12.2. The zero-order valence-corrected chi connectivity index (χ0v) is 14.7. The molecule has 0 fully saturated rings. The Morgan fingerprint density at radius 3 is 2.56 bits per heavy atom. The van der Waals surface area contributed by atoms with Crippen molar-refractivity contribution in [2.24, 2.45) is 0 Å². The van der Waals surface area contributed by atoms with Crippen LogP contribution < -0.4 is 16.2 Å². The molecule has 0 saturated heterocycles. The number of anilines is 1. The van der Waals surface area contributed by atoms with Crippen molar-refractivity contribution in [3.8, 4) is 0 Å². The lowest BCUT2D eigenvalue weighted by atomic mass is 10.0. The zero-order valence-electron chi connectivity index (χ0n) is 13.9. The Hall–Kier alpha value is -2.79. The van der Waals surface area contributed by atoms with Gasteiger partial charge in [0.15, 0.2) is 0 Å². The molecular formula is C19H18ClN3O2. The highest BCUT2D eigenvalue weighted by atomic mass is 35.5. The average Bonchev–Trinajstić information content (AvgIpc) is 2.55. The fourth-order valence-corrected chi connectivity index (χ4v) is 2.86. The molecule has 3 aromatic rings. The van der Waals surface area contributed by atoms with E-state index >= 15 is 0 Å². The molecule has 1 heterocycles. The van der Waals surface area contributed by atoms with Gasteiger partial charge in [-0.25, -0.2) is 4.79 Å².